The predicted molar refractivity (Wildman–Crippen MR) is 74.1 cm³/mol. The van der Waals surface area contributed by atoms with Gasteiger partial charge in [-0.2, -0.15) is 4.98 Å². The molecule has 0 saturated heterocycles. The zero-order chi connectivity index (χ0) is 13.4. The third-order valence-electron chi connectivity index (χ3n) is 2.57. The van der Waals surface area contributed by atoms with Crippen molar-refractivity contribution in [2.75, 3.05) is 31.1 Å². The number of hydrogen-bond acceptors (Lipinski definition) is 5. The van der Waals surface area contributed by atoms with Crippen LogP contribution in [0.15, 0.2) is 6.07 Å². The van der Waals surface area contributed by atoms with E-state index in [2.05, 4.69) is 28.7 Å². The van der Waals surface area contributed by atoms with Gasteiger partial charge in [0.1, 0.15) is 0 Å². The molecule has 0 atom stereocenters. The zero-order valence-electron chi connectivity index (χ0n) is 11.6. The van der Waals surface area contributed by atoms with Crippen LogP contribution in [0, 0.1) is 6.92 Å². The average Bonchev–Trinajstić information content (AvgIpc) is 2.37. The van der Waals surface area contributed by atoms with Gasteiger partial charge >= 0.3 is 0 Å². The Bertz CT molecular complexity index is 357. The Morgan fingerprint density at radius 2 is 2.11 bits per heavy atom. The molecule has 1 rings (SSSR count). The van der Waals surface area contributed by atoms with Crippen LogP contribution in [0.3, 0.4) is 0 Å². The Morgan fingerprint density at radius 3 is 2.72 bits per heavy atom. The number of aromatic nitrogens is 2. The molecule has 0 aliphatic heterocycles. The summed E-state index contributed by atoms with van der Waals surface area (Å²) in [5.41, 5.74) is 6.47. The SMILES string of the molecule is CCCOc1cc(C)nc(N(CC)CCCN)n1. The van der Waals surface area contributed by atoms with Gasteiger partial charge in [0.2, 0.25) is 11.8 Å². The molecule has 1 heterocycles. The number of rotatable bonds is 8. The summed E-state index contributed by atoms with van der Waals surface area (Å²) in [6.07, 6.45) is 1.92. The van der Waals surface area contributed by atoms with Gasteiger partial charge in [-0.15, -0.1) is 0 Å². The van der Waals surface area contributed by atoms with E-state index in [1.807, 2.05) is 13.0 Å². The topological polar surface area (TPSA) is 64.3 Å². The zero-order valence-corrected chi connectivity index (χ0v) is 11.6. The van der Waals surface area contributed by atoms with Crippen molar-refractivity contribution in [1.29, 1.82) is 0 Å². The van der Waals surface area contributed by atoms with E-state index in [4.69, 9.17) is 10.5 Å². The van der Waals surface area contributed by atoms with Crippen molar-refractivity contribution in [3.8, 4) is 5.88 Å². The van der Waals surface area contributed by atoms with Crippen molar-refractivity contribution in [3.63, 3.8) is 0 Å². The van der Waals surface area contributed by atoms with Gasteiger partial charge in [0, 0.05) is 24.8 Å². The van der Waals surface area contributed by atoms with Crippen LogP contribution in [-0.4, -0.2) is 36.2 Å². The summed E-state index contributed by atoms with van der Waals surface area (Å²) in [4.78, 5) is 11.0. The molecular weight excluding hydrogens is 228 g/mol. The molecule has 0 spiro atoms. The predicted octanol–water partition coefficient (Wildman–Crippen LogP) is 1.75. The van der Waals surface area contributed by atoms with E-state index in [0.29, 0.717) is 19.0 Å². The first-order chi connectivity index (χ1) is 8.71. The van der Waals surface area contributed by atoms with Crippen molar-refractivity contribution in [3.05, 3.63) is 11.8 Å². The van der Waals surface area contributed by atoms with E-state index in [1.165, 1.54) is 0 Å². The number of nitrogens with two attached hydrogens (primary N) is 1. The first-order valence-electron chi connectivity index (χ1n) is 6.64. The highest BCUT2D eigenvalue weighted by Gasteiger charge is 2.09. The summed E-state index contributed by atoms with van der Waals surface area (Å²) >= 11 is 0. The molecule has 1 aromatic heterocycles. The second kappa shape index (κ2) is 7.87. The third kappa shape index (κ3) is 4.49. The van der Waals surface area contributed by atoms with Crippen LogP contribution in [0.1, 0.15) is 32.4 Å². The van der Waals surface area contributed by atoms with E-state index < -0.39 is 0 Å². The molecule has 0 radical (unpaired) electrons. The molecule has 1 aromatic rings. The fourth-order valence-electron chi connectivity index (χ4n) is 1.63. The van der Waals surface area contributed by atoms with Gasteiger partial charge in [-0.1, -0.05) is 6.92 Å². The van der Waals surface area contributed by atoms with Crippen LogP contribution in [0.4, 0.5) is 5.95 Å². The highest BCUT2D eigenvalue weighted by Crippen LogP contribution is 2.15. The lowest BCUT2D eigenvalue weighted by Crippen LogP contribution is -2.27. The van der Waals surface area contributed by atoms with E-state index in [1.54, 1.807) is 0 Å². The molecule has 0 aliphatic carbocycles. The van der Waals surface area contributed by atoms with Gasteiger partial charge in [0.15, 0.2) is 0 Å². The van der Waals surface area contributed by atoms with E-state index >= 15 is 0 Å². The maximum Gasteiger partial charge on any atom is 0.228 e. The summed E-state index contributed by atoms with van der Waals surface area (Å²) in [5.74, 6) is 1.39. The van der Waals surface area contributed by atoms with Gasteiger partial charge in [-0.25, -0.2) is 4.98 Å². The smallest absolute Gasteiger partial charge is 0.228 e. The summed E-state index contributed by atoms with van der Waals surface area (Å²) in [5, 5.41) is 0. The van der Waals surface area contributed by atoms with Crippen LogP contribution in [0.2, 0.25) is 0 Å². The standard InChI is InChI=1S/C13H24N4O/c1-4-9-18-12-10-11(3)15-13(16-12)17(5-2)8-6-7-14/h10H,4-9,14H2,1-3H3. The molecule has 5 nitrogen and oxygen atoms in total. The maximum absolute atomic E-state index is 5.57. The third-order valence-corrected chi connectivity index (χ3v) is 2.57. The van der Waals surface area contributed by atoms with E-state index in [9.17, 15) is 0 Å². The Hall–Kier alpha value is -1.36. The minimum absolute atomic E-state index is 0.658. The largest absolute Gasteiger partial charge is 0.478 e. The van der Waals surface area contributed by atoms with Crippen LogP contribution >= 0.6 is 0 Å². The quantitative estimate of drug-likeness (QED) is 0.763. The molecule has 0 saturated carbocycles. The van der Waals surface area contributed by atoms with Crippen LogP contribution in [0.25, 0.3) is 0 Å². The molecule has 5 heteroatoms. The normalized spacial score (nSPS) is 10.4. The van der Waals surface area contributed by atoms with Crippen molar-refractivity contribution in [2.24, 2.45) is 5.73 Å². The fraction of sp³-hybridized carbons (Fsp3) is 0.692. The molecule has 0 unspecified atom stereocenters. The Balaban J connectivity index is 2.81. The first-order valence-corrected chi connectivity index (χ1v) is 6.64. The highest BCUT2D eigenvalue weighted by atomic mass is 16.5. The minimum Gasteiger partial charge on any atom is -0.478 e. The van der Waals surface area contributed by atoms with Gasteiger partial charge in [0.05, 0.1) is 6.61 Å². The molecular formula is C13H24N4O. The lowest BCUT2D eigenvalue weighted by molar-refractivity contribution is 0.304. The lowest BCUT2D eigenvalue weighted by Gasteiger charge is -2.21. The molecule has 0 aromatic carbocycles. The summed E-state index contributed by atoms with van der Waals surface area (Å²) < 4.78 is 5.57. The average molecular weight is 252 g/mol. The number of nitrogens with zero attached hydrogens (tertiary/aromatic N) is 3. The maximum atomic E-state index is 5.57. The molecule has 0 bridgehead atoms. The van der Waals surface area contributed by atoms with Gasteiger partial charge in [0.25, 0.3) is 0 Å². The molecule has 102 valence electrons. The van der Waals surface area contributed by atoms with Crippen LogP contribution < -0.4 is 15.4 Å². The first kappa shape index (κ1) is 14.7. The lowest BCUT2D eigenvalue weighted by atomic mass is 10.4. The highest BCUT2D eigenvalue weighted by molar-refractivity contribution is 5.34. The molecule has 0 fully saturated rings. The van der Waals surface area contributed by atoms with E-state index in [0.717, 1.165) is 37.6 Å². The second-order valence-electron chi connectivity index (χ2n) is 4.22. The monoisotopic (exact) mass is 252 g/mol. The molecule has 18 heavy (non-hydrogen) atoms. The number of aryl methyl sites for hydroxylation is 1. The van der Waals surface area contributed by atoms with E-state index in [-0.39, 0.29) is 0 Å². The minimum atomic E-state index is 0.658. The summed E-state index contributed by atoms with van der Waals surface area (Å²) in [7, 11) is 0. The fourth-order valence-corrected chi connectivity index (χ4v) is 1.63. The Morgan fingerprint density at radius 1 is 1.33 bits per heavy atom. The molecule has 2 N–H and O–H groups in total. The van der Waals surface area contributed by atoms with Gasteiger partial charge < -0.3 is 15.4 Å². The van der Waals surface area contributed by atoms with Crippen LogP contribution in [0.5, 0.6) is 5.88 Å². The Kier molecular flexibility index (Phi) is 6.43. The van der Waals surface area contributed by atoms with Gasteiger partial charge in [-0.05, 0) is 33.2 Å². The number of hydrogen-bond donors (Lipinski definition) is 1. The van der Waals surface area contributed by atoms with Gasteiger partial charge in [-0.3, -0.25) is 0 Å². The second-order valence-corrected chi connectivity index (χ2v) is 4.22. The van der Waals surface area contributed by atoms with Crippen molar-refractivity contribution in [2.45, 2.75) is 33.6 Å². The summed E-state index contributed by atoms with van der Waals surface area (Å²) in [6, 6.07) is 1.87. The molecule has 0 amide bonds. The summed E-state index contributed by atoms with van der Waals surface area (Å²) in [6.45, 7) is 9.25. The van der Waals surface area contributed by atoms with Crippen molar-refractivity contribution >= 4 is 5.95 Å². The van der Waals surface area contributed by atoms with Crippen LogP contribution in [-0.2, 0) is 0 Å². The number of ether oxygens (including phenoxy) is 1. The Labute approximate surface area is 109 Å². The van der Waals surface area contributed by atoms with Crippen molar-refractivity contribution in [1.82, 2.24) is 9.97 Å². The van der Waals surface area contributed by atoms with Crippen molar-refractivity contribution < 1.29 is 4.74 Å². The molecule has 0 aliphatic rings. The number of anilines is 1.